The summed E-state index contributed by atoms with van der Waals surface area (Å²) in [6.45, 7) is 5.79. The number of nitrogens with one attached hydrogen (secondary N) is 1. The number of amides is 2. The Morgan fingerprint density at radius 3 is 2.93 bits per heavy atom. The van der Waals surface area contributed by atoms with Crippen molar-refractivity contribution in [3.63, 3.8) is 0 Å². The topological polar surface area (TPSA) is 91.2 Å². The lowest BCUT2D eigenvalue weighted by molar-refractivity contribution is -0.119. The fourth-order valence-electron chi connectivity index (χ4n) is 2.58. The molecule has 27 heavy (non-hydrogen) atoms. The van der Waals surface area contributed by atoms with Crippen molar-refractivity contribution in [3.05, 3.63) is 35.0 Å². The molecule has 0 bridgehead atoms. The highest BCUT2D eigenvalue weighted by Crippen LogP contribution is 2.22. The molecule has 1 aromatic carbocycles. The van der Waals surface area contributed by atoms with Gasteiger partial charge in [0.15, 0.2) is 4.80 Å². The zero-order valence-electron chi connectivity index (χ0n) is 15.2. The summed E-state index contributed by atoms with van der Waals surface area (Å²) < 4.78 is 18.7. The molecule has 0 saturated carbocycles. The van der Waals surface area contributed by atoms with Gasteiger partial charge in [-0.15, -0.1) is 0 Å². The maximum Gasteiger partial charge on any atom is 0.317 e. The van der Waals surface area contributed by atoms with E-state index in [9.17, 15) is 9.59 Å². The molecular weight excluding hydrogens is 370 g/mol. The molecule has 1 aliphatic heterocycles. The lowest BCUT2D eigenvalue weighted by Gasteiger charge is -2.12. The van der Waals surface area contributed by atoms with Crippen LogP contribution < -0.4 is 10.1 Å². The largest absolute Gasteiger partial charge is 0.494 e. The van der Waals surface area contributed by atoms with Crippen molar-refractivity contribution in [2.45, 2.75) is 20.4 Å². The molecule has 1 aromatic heterocycles. The second-order valence-corrected chi connectivity index (χ2v) is 6.72. The standard InChI is InChI=1S/C18H21N3O5S/c1-3-24-7-6-21-14-5-4-13(19-12(2)22)10-16(14)27-18(21)20-17(23)15-11-25-8-9-26-15/h4-5,10-11H,3,6-9H2,1-2H3,(H,19,22). The number of thiazole rings is 1. The summed E-state index contributed by atoms with van der Waals surface area (Å²) in [5, 5.41) is 2.76. The molecule has 1 aliphatic rings. The van der Waals surface area contributed by atoms with Gasteiger partial charge in [0.1, 0.15) is 19.5 Å². The first kappa shape index (κ1) is 19.1. The van der Waals surface area contributed by atoms with Crippen molar-refractivity contribution in [2.24, 2.45) is 4.99 Å². The van der Waals surface area contributed by atoms with Gasteiger partial charge in [-0.3, -0.25) is 9.59 Å². The fourth-order valence-corrected chi connectivity index (χ4v) is 3.67. The average molecular weight is 391 g/mol. The third-order valence-corrected chi connectivity index (χ3v) is 4.76. The van der Waals surface area contributed by atoms with Gasteiger partial charge in [0, 0.05) is 25.8 Å². The van der Waals surface area contributed by atoms with Gasteiger partial charge in [0.05, 0.1) is 16.8 Å². The molecule has 0 fully saturated rings. The summed E-state index contributed by atoms with van der Waals surface area (Å²) >= 11 is 1.36. The van der Waals surface area contributed by atoms with Gasteiger partial charge in [-0.1, -0.05) is 11.3 Å². The Hall–Kier alpha value is -2.65. The molecule has 144 valence electrons. The van der Waals surface area contributed by atoms with Crippen LogP contribution in [-0.2, 0) is 30.3 Å². The van der Waals surface area contributed by atoms with Gasteiger partial charge in [-0.25, -0.2) is 0 Å². The van der Waals surface area contributed by atoms with Gasteiger partial charge < -0.3 is 24.1 Å². The van der Waals surface area contributed by atoms with Crippen molar-refractivity contribution < 1.29 is 23.8 Å². The van der Waals surface area contributed by atoms with E-state index < -0.39 is 5.91 Å². The van der Waals surface area contributed by atoms with Crippen LogP contribution in [0.3, 0.4) is 0 Å². The number of ether oxygens (including phenoxy) is 3. The molecule has 2 heterocycles. The molecule has 0 radical (unpaired) electrons. The Bertz CT molecular complexity index is 944. The number of benzene rings is 1. The Morgan fingerprint density at radius 2 is 2.22 bits per heavy atom. The van der Waals surface area contributed by atoms with E-state index in [1.165, 1.54) is 24.5 Å². The number of anilines is 1. The van der Waals surface area contributed by atoms with E-state index in [1.807, 2.05) is 29.7 Å². The van der Waals surface area contributed by atoms with Gasteiger partial charge >= 0.3 is 5.91 Å². The Balaban J connectivity index is 2.01. The monoisotopic (exact) mass is 391 g/mol. The lowest BCUT2D eigenvalue weighted by Crippen LogP contribution is -2.21. The Kier molecular flexibility index (Phi) is 6.25. The van der Waals surface area contributed by atoms with Crippen molar-refractivity contribution in [1.82, 2.24) is 4.57 Å². The number of nitrogens with zero attached hydrogens (tertiary/aromatic N) is 2. The molecule has 8 nitrogen and oxygen atoms in total. The van der Waals surface area contributed by atoms with E-state index in [0.717, 1.165) is 10.2 Å². The first-order chi connectivity index (χ1) is 13.1. The van der Waals surface area contributed by atoms with E-state index in [-0.39, 0.29) is 11.7 Å². The number of aromatic nitrogens is 1. The molecule has 0 atom stereocenters. The summed E-state index contributed by atoms with van der Waals surface area (Å²) in [7, 11) is 0. The summed E-state index contributed by atoms with van der Waals surface area (Å²) in [4.78, 5) is 28.4. The second-order valence-electron chi connectivity index (χ2n) is 5.72. The number of carbonyl (C=O) groups excluding carboxylic acids is 2. The third kappa shape index (κ3) is 4.75. The Labute approximate surface area is 160 Å². The van der Waals surface area contributed by atoms with Crippen LogP contribution in [0.2, 0.25) is 0 Å². The van der Waals surface area contributed by atoms with Crippen molar-refractivity contribution in [1.29, 1.82) is 0 Å². The minimum absolute atomic E-state index is 0.0917. The second kappa shape index (κ2) is 8.83. The van der Waals surface area contributed by atoms with Crippen molar-refractivity contribution >= 4 is 39.1 Å². The van der Waals surface area contributed by atoms with Crippen molar-refractivity contribution in [3.8, 4) is 0 Å². The number of carbonyl (C=O) groups is 2. The first-order valence-electron chi connectivity index (χ1n) is 8.61. The van der Waals surface area contributed by atoms with Crippen LogP contribution in [0.4, 0.5) is 5.69 Å². The Morgan fingerprint density at radius 1 is 1.37 bits per heavy atom. The van der Waals surface area contributed by atoms with Gasteiger partial charge in [-0.05, 0) is 25.1 Å². The van der Waals surface area contributed by atoms with Crippen LogP contribution in [0, 0.1) is 0 Å². The maximum absolute atomic E-state index is 12.4. The maximum atomic E-state index is 12.4. The minimum Gasteiger partial charge on any atom is -0.494 e. The van der Waals surface area contributed by atoms with E-state index in [1.54, 1.807) is 0 Å². The smallest absolute Gasteiger partial charge is 0.317 e. The molecule has 0 spiro atoms. The fraction of sp³-hybridized carbons (Fsp3) is 0.389. The van der Waals surface area contributed by atoms with Crippen LogP contribution in [0.1, 0.15) is 13.8 Å². The number of hydrogen-bond acceptors (Lipinski definition) is 6. The van der Waals surface area contributed by atoms with Gasteiger partial charge in [0.2, 0.25) is 11.7 Å². The van der Waals surface area contributed by atoms with Crippen LogP contribution in [0.5, 0.6) is 0 Å². The lowest BCUT2D eigenvalue weighted by atomic mass is 10.3. The molecule has 0 saturated heterocycles. The summed E-state index contributed by atoms with van der Waals surface area (Å²) in [5.41, 5.74) is 1.60. The highest BCUT2D eigenvalue weighted by atomic mass is 32.1. The molecular formula is C18H21N3O5S. The quantitative estimate of drug-likeness (QED) is 0.761. The summed E-state index contributed by atoms with van der Waals surface area (Å²) in [6.07, 6.45) is 1.29. The highest BCUT2D eigenvalue weighted by Gasteiger charge is 2.16. The molecule has 2 aromatic rings. The van der Waals surface area contributed by atoms with Crippen molar-refractivity contribution in [2.75, 3.05) is 31.7 Å². The number of rotatable bonds is 6. The van der Waals surface area contributed by atoms with Crippen LogP contribution in [0.15, 0.2) is 35.2 Å². The predicted octanol–water partition coefficient (Wildman–Crippen LogP) is 2.01. The summed E-state index contributed by atoms with van der Waals surface area (Å²) in [5.74, 6) is -0.542. The normalized spacial score (nSPS) is 14.4. The van der Waals surface area contributed by atoms with E-state index in [2.05, 4.69) is 10.3 Å². The van der Waals surface area contributed by atoms with Gasteiger partial charge in [0.25, 0.3) is 0 Å². The number of fused-ring (bicyclic) bond motifs is 1. The zero-order chi connectivity index (χ0) is 19.2. The predicted molar refractivity (Wildman–Crippen MR) is 101 cm³/mol. The average Bonchev–Trinajstić information content (AvgIpc) is 2.98. The number of hydrogen-bond donors (Lipinski definition) is 1. The first-order valence-corrected chi connectivity index (χ1v) is 9.42. The molecule has 1 N–H and O–H groups in total. The molecule has 0 aliphatic carbocycles. The molecule has 3 rings (SSSR count). The van der Waals surface area contributed by atoms with E-state index in [0.29, 0.717) is 43.5 Å². The van der Waals surface area contributed by atoms with Crippen LogP contribution in [0.25, 0.3) is 10.2 Å². The highest BCUT2D eigenvalue weighted by molar-refractivity contribution is 7.16. The SMILES string of the molecule is CCOCCn1c(=NC(=O)C2=COCCO2)sc2cc(NC(C)=O)ccc21. The zero-order valence-corrected chi connectivity index (χ0v) is 16.0. The van der Waals surface area contributed by atoms with E-state index in [4.69, 9.17) is 14.2 Å². The molecule has 2 amide bonds. The summed E-state index contributed by atoms with van der Waals surface area (Å²) in [6, 6.07) is 5.58. The van der Waals surface area contributed by atoms with Gasteiger partial charge in [-0.2, -0.15) is 4.99 Å². The van der Waals surface area contributed by atoms with Crippen LogP contribution >= 0.6 is 11.3 Å². The molecule has 9 heteroatoms. The third-order valence-electron chi connectivity index (χ3n) is 3.72. The minimum atomic E-state index is -0.492. The molecule has 0 unspecified atom stereocenters. The van der Waals surface area contributed by atoms with E-state index >= 15 is 0 Å². The van der Waals surface area contributed by atoms with Crippen LogP contribution in [-0.4, -0.2) is 42.8 Å².